The summed E-state index contributed by atoms with van der Waals surface area (Å²) in [4.78, 5) is 41.8. The molecule has 1 fully saturated rings. The minimum atomic E-state index is -0.666. The Morgan fingerprint density at radius 2 is 2.31 bits per heavy atom. The summed E-state index contributed by atoms with van der Waals surface area (Å²) < 4.78 is 10.1. The zero-order valence-corrected chi connectivity index (χ0v) is 15.1. The number of allylic oxidation sites excluding steroid dienone is 1. The predicted octanol–water partition coefficient (Wildman–Crippen LogP) is 0.135. The van der Waals surface area contributed by atoms with Gasteiger partial charge in [0.1, 0.15) is 6.54 Å². The highest BCUT2D eigenvalue weighted by atomic mass is 32.1. The lowest BCUT2D eigenvalue weighted by atomic mass is 9.92. The second-order valence-corrected chi connectivity index (χ2v) is 6.48. The number of ether oxygens (including phenoxy) is 2. The Morgan fingerprint density at radius 1 is 1.50 bits per heavy atom. The van der Waals surface area contributed by atoms with Crippen molar-refractivity contribution >= 4 is 40.8 Å². The smallest absolute Gasteiger partial charge is 0.337 e. The van der Waals surface area contributed by atoms with E-state index in [9.17, 15) is 14.4 Å². The number of carbonyl (C=O) groups excluding carboxylic acids is 3. The van der Waals surface area contributed by atoms with Crippen molar-refractivity contribution in [3.63, 3.8) is 0 Å². The molecule has 1 N–H and O–H groups in total. The number of carbonyl (C=O) groups is 3. The molecule has 26 heavy (non-hydrogen) atoms. The monoisotopic (exact) mass is 377 g/mol. The molecule has 0 bridgehead atoms. The quantitative estimate of drug-likeness (QED) is 0.541. The standard InChI is InChI=1S/C17H19N3O5S/c1-24-16(23)10-4-5-12-13(7-10)19-17(26)20(15(12)22)9-14(21)18-8-11-3-2-6-25-11/h4-5,7,11-12H,2-3,6,8-9H2,1H3,(H,18,21). The lowest BCUT2D eigenvalue weighted by Gasteiger charge is -2.30. The van der Waals surface area contributed by atoms with Crippen molar-refractivity contribution in [2.45, 2.75) is 18.9 Å². The lowest BCUT2D eigenvalue weighted by Crippen LogP contribution is -2.50. The van der Waals surface area contributed by atoms with Gasteiger partial charge in [0, 0.05) is 13.2 Å². The summed E-state index contributed by atoms with van der Waals surface area (Å²) in [6, 6.07) is 0. The van der Waals surface area contributed by atoms with E-state index >= 15 is 0 Å². The van der Waals surface area contributed by atoms with Gasteiger partial charge in [-0.05, 0) is 31.1 Å². The van der Waals surface area contributed by atoms with Gasteiger partial charge in [-0.3, -0.25) is 14.5 Å². The van der Waals surface area contributed by atoms with Crippen LogP contribution in [-0.2, 0) is 23.9 Å². The molecule has 138 valence electrons. The average Bonchev–Trinajstić information content (AvgIpc) is 3.16. The van der Waals surface area contributed by atoms with Gasteiger partial charge < -0.3 is 14.8 Å². The second kappa shape index (κ2) is 7.88. The number of amides is 2. The number of thiocarbonyl (C=S) groups is 1. The summed E-state index contributed by atoms with van der Waals surface area (Å²) in [6.45, 7) is 0.928. The maximum absolute atomic E-state index is 12.7. The molecule has 3 rings (SSSR count). The molecular weight excluding hydrogens is 358 g/mol. The highest BCUT2D eigenvalue weighted by Crippen LogP contribution is 2.22. The average molecular weight is 377 g/mol. The van der Waals surface area contributed by atoms with Gasteiger partial charge in [-0.15, -0.1) is 0 Å². The summed E-state index contributed by atoms with van der Waals surface area (Å²) in [5.41, 5.74) is 0.666. The molecule has 0 aromatic rings. The Balaban J connectivity index is 1.65. The van der Waals surface area contributed by atoms with Crippen LogP contribution in [0.25, 0.3) is 0 Å². The largest absolute Gasteiger partial charge is 0.465 e. The van der Waals surface area contributed by atoms with Crippen LogP contribution in [0.15, 0.2) is 28.8 Å². The molecule has 3 aliphatic rings. The minimum absolute atomic E-state index is 0.00396. The van der Waals surface area contributed by atoms with Crippen LogP contribution in [0.4, 0.5) is 0 Å². The number of aliphatic imine (C=N–C) groups is 1. The molecule has 0 aromatic carbocycles. The molecule has 2 atom stereocenters. The van der Waals surface area contributed by atoms with E-state index in [1.165, 1.54) is 24.2 Å². The molecule has 1 saturated heterocycles. The van der Waals surface area contributed by atoms with Gasteiger partial charge >= 0.3 is 5.97 Å². The van der Waals surface area contributed by atoms with Crippen LogP contribution in [0.1, 0.15) is 12.8 Å². The van der Waals surface area contributed by atoms with Crippen molar-refractivity contribution in [3.05, 3.63) is 23.8 Å². The normalized spacial score (nSPS) is 24.7. The third-order valence-electron chi connectivity index (χ3n) is 4.35. The first kappa shape index (κ1) is 18.4. The summed E-state index contributed by atoms with van der Waals surface area (Å²) in [5, 5.41) is 2.76. The molecule has 2 amide bonds. The van der Waals surface area contributed by atoms with Gasteiger partial charge in [0.05, 0.1) is 30.4 Å². The van der Waals surface area contributed by atoms with E-state index < -0.39 is 11.9 Å². The van der Waals surface area contributed by atoms with E-state index in [1.54, 1.807) is 6.08 Å². The van der Waals surface area contributed by atoms with Crippen molar-refractivity contribution in [2.24, 2.45) is 10.9 Å². The van der Waals surface area contributed by atoms with E-state index in [-0.39, 0.29) is 29.6 Å². The van der Waals surface area contributed by atoms with Crippen molar-refractivity contribution < 1.29 is 23.9 Å². The number of nitrogens with zero attached hydrogens (tertiary/aromatic N) is 2. The minimum Gasteiger partial charge on any atom is -0.465 e. The first-order valence-electron chi connectivity index (χ1n) is 8.30. The van der Waals surface area contributed by atoms with Gasteiger partial charge in [-0.1, -0.05) is 12.2 Å². The highest BCUT2D eigenvalue weighted by molar-refractivity contribution is 7.80. The summed E-state index contributed by atoms with van der Waals surface area (Å²) in [5.74, 6) is -1.85. The molecule has 0 aromatic heterocycles. The Hall–Kier alpha value is -2.39. The first-order valence-corrected chi connectivity index (χ1v) is 8.71. The Kier molecular flexibility index (Phi) is 5.58. The maximum atomic E-state index is 12.7. The zero-order chi connectivity index (χ0) is 18.7. The number of nitrogens with one attached hydrogen (secondary N) is 1. The number of esters is 1. The number of fused-ring (bicyclic) bond motifs is 1. The number of hydrogen-bond donors (Lipinski definition) is 1. The fourth-order valence-electron chi connectivity index (χ4n) is 2.96. The second-order valence-electron chi connectivity index (χ2n) is 6.11. The molecule has 9 heteroatoms. The molecule has 8 nitrogen and oxygen atoms in total. The van der Waals surface area contributed by atoms with E-state index in [1.807, 2.05) is 0 Å². The Labute approximate surface area is 155 Å². The van der Waals surface area contributed by atoms with E-state index in [2.05, 4.69) is 15.0 Å². The predicted molar refractivity (Wildman–Crippen MR) is 96.5 cm³/mol. The Morgan fingerprint density at radius 3 is 3.00 bits per heavy atom. The van der Waals surface area contributed by atoms with Gasteiger partial charge in [-0.2, -0.15) is 0 Å². The summed E-state index contributed by atoms with van der Waals surface area (Å²) in [6.07, 6.45) is 6.48. The summed E-state index contributed by atoms with van der Waals surface area (Å²) in [7, 11) is 1.28. The molecule has 2 unspecified atom stereocenters. The fourth-order valence-corrected chi connectivity index (χ4v) is 3.22. The molecule has 0 saturated carbocycles. The van der Waals surface area contributed by atoms with Crippen molar-refractivity contribution in [3.8, 4) is 0 Å². The Bertz CT molecular complexity index is 737. The topological polar surface area (TPSA) is 97.3 Å². The van der Waals surface area contributed by atoms with Gasteiger partial charge in [0.25, 0.3) is 0 Å². The molecule has 2 heterocycles. The number of rotatable bonds is 5. The lowest BCUT2D eigenvalue weighted by molar-refractivity contribution is -0.135. The molecule has 2 aliphatic heterocycles. The maximum Gasteiger partial charge on any atom is 0.337 e. The van der Waals surface area contributed by atoms with Crippen LogP contribution in [-0.4, -0.2) is 66.4 Å². The SMILES string of the molecule is COC(=O)C1=CC2=NC(=S)N(CC(=O)NCC3CCCO3)C(=O)C2C=C1. The molecular formula is C17H19N3O5S. The van der Waals surface area contributed by atoms with Gasteiger partial charge in [0.15, 0.2) is 0 Å². The third kappa shape index (κ3) is 3.88. The van der Waals surface area contributed by atoms with Gasteiger partial charge in [0.2, 0.25) is 16.9 Å². The van der Waals surface area contributed by atoms with E-state index in [0.717, 1.165) is 12.8 Å². The third-order valence-corrected chi connectivity index (χ3v) is 4.66. The molecule has 0 spiro atoms. The van der Waals surface area contributed by atoms with Crippen LogP contribution in [0, 0.1) is 5.92 Å². The van der Waals surface area contributed by atoms with E-state index in [0.29, 0.717) is 24.4 Å². The van der Waals surface area contributed by atoms with Crippen LogP contribution in [0.2, 0.25) is 0 Å². The van der Waals surface area contributed by atoms with Crippen LogP contribution in [0.3, 0.4) is 0 Å². The number of hydrogen-bond acceptors (Lipinski definition) is 6. The van der Waals surface area contributed by atoms with E-state index in [4.69, 9.17) is 17.0 Å². The van der Waals surface area contributed by atoms with Crippen molar-refractivity contribution in [2.75, 3.05) is 26.8 Å². The zero-order valence-electron chi connectivity index (χ0n) is 14.3. The van der Waals surface area contributed by atoms with Crippen LogP contribution >= 0.6 is 12.2 Å². The van der Waals surface area contributed by atoms with Gasteiger partial charge in [-0.25, -0.2) is 9.79 Å². The highest BCUT2D eigenvalue weighted by Gasteiger charge is 2.36. The fraction of sp³-hybridized carbons (Fsp3) is 0.471. The molecule has 1 aliphatic carbocycles. The van der Waals surface area contributed by atoms with Crippen LogP contribution in [0.5, 0.6) is 0 Å². The first-order chi connectivity index (χ1) is 12.5. The number of methoxy groups -OCH3 is 1. The van der Waals surface area contributed by atoms with Crippen LogP contribution < -0.4 is 5.32 Å². The summed E-state index contributed by atoms with van der Waals surface area (Å²) >= 11 is 5.16. The van der Waals surface area contributed by atoms with Crippen molar-refractivity contribution in [1.82, 2.24) is 10.2 Å². The van der Waals surface area contributed by atoms with Crippen molar-refractivity contribution in [1.29, 1.82) is 0 Å². The molecule has 0 radical (unpaired) electrons.